The van der Waals surface area contributed by atoms with Gasteiger partial charge in [0.05, 0.1) is 0 Å². The van der Waals surface area contributed by atoms with Crippen molar-refractivity contribution in [1.29, 1.82) is 0 Å². The lowest BCUT2D eigenvalue weighted by atomic mass is 9.63. The zero-order valence-electron chi connectivity index (χ0n) is 8.47. The zero-order valence-corrected chi connectivity index (χ0v) is 12.2. The highest BCUT2D eigenvalue weighted by molar-refractivity contribution is 14.1. The van der Waals surface area contributed by atoms with Crippen LogP contribution in [0, 0.1) is 8.99 Å². The molecule has 3 rings (SSSR count). The summed E-state index contributed by atoms with van der Waals surface area (Å²) in [5.74, 6) is 0. The zero-order chi connectivity index (χ0) is 10.5. The van der Waals surface area contributed by atoms with Gasteiger partial charge in [-0.3, -0.25) is 0 Å². The summed E-state index contributed by atoms with van der Waals surface area (Å²) in [5, 5.41) is 0. The van der Waals surface area contributed by atoms with E-state index in [-0.39, 0.29) is 0 Å². The Morgan fingerprint density at radius 2 is 2.00 bits per heavy atom. The molecule has 0 aromatic heterocycles. The summed E-state index contributed by atoms with van der Waals surface area (Å²) < 4.78 is 2.50. The summed E-state index contributed by atoms with van der Waals surface area (Å²) in [4.78, 5) is 2.51. The van der Waals surface area contributed by atoms with E-state index in [1.54, 1.807) is 0 Å². The van der Waals surface area contributed by atoms with Crippen LogP contribution in [0.4, 0.5) is 5.69 Å². The molecule has 1 saturated carbocycles. The number of benzene rings is 1. The Morgan fingerprint density at radius 3 is 2.53 bits per heavy atom. The van der Waals surface area contributed by atoms with Crippen LogP contribution in [0.1, 0.15) is 19.3 Å². The quantitative estimate of drug-likeness (QED) is 0.667. The first kappa shape index (κ1) is 10.4. The van der Waals surface area contributed by atoms with Gasteiger partial charge in [0.25, 0.3) is 0 Å². The van der Waals surface area contributed by atoms with Gasteiger partial charge in [-0.05, 0) is 69.6 Å². The number of rotatable bonds is 1. The first-order valence-electron chi connectivity index (χ1n) is 5.39. The Kier molecular flexibility index (Phi) is 2.51. The average Bonchev–Trinajstić information content (AvgIpc) is 2.06. The van der Waals surface area contributed by atoms with Crippen LogP contribution in [0.5, 0.6) is 0 Å². The van der Waals surface area contributed by atoms with Crippen LogP contribution in [0.15, 0.2) is 22.7 Å². The van der Waals surface area contributed by atoms with Gasteiger partial charge in [0.2, 0.25) is 0 Å². The van der Waals surface area contributed by atoms with Gasteiger partial charge in [-0.25, -0.2) is 0 Å². The average molecular weight is 378 g/mol. The SMILES string of the molecule is Brc1ccc(N2CC3(CCC3)C2)cc1I. The van der Waals surface area contributed by atoms with Crippen molar-refractivity contribution < 1.29 is 0 Å². The summed E-state index contributed by atoms with van der Waals surface area (Å²) in [6.45, 7) is 2.56. The third kappa shape index (κ3) is 1.71. The van der Waals surface area contributed by atoms with E-state index in [0.29, 0.717) is 0 Å². The number of hydrogen-bond acceptors (Lipinski definition) is 1. The van der Waals surface area contributed by atoms with E-state index in [4.69, 9.17) is 0 Å². The molecule has 15 heavy (non-hydrogen) atoms. The Morgan fingerprint density at radius 1 is 1.27 bits per heavy atom. The maximum Gasteiger partial charge on any atom is 0.0378 e. The van der Waals surface area contributed by atoms with E-state index in [1.807, 2.05) is 0 Å². The minimum Gasteiger partial charge on any atom is -0.370 e. The Bertz CT molecular complexity index is 393. The molecule has 0 bridgehead atoms. The molecule has 1 heterocycles. The van der Waals surface area contributed by atoms with E-state index in [1.165, 1.54) is 46.1 Å². The van der Waals surface area contributed by atoms with E-state index in [2.05, 4.69) is 61.6 Å². The van der Waals surface area contributed by atoms with Crippen LogP contribution in [0.25, 0.3) is 0 Å². The maximum atomic E-state index is 3.54. The van der Waals surface area contributed by atoms with E-state index >= 15 is 0 Å². The molecule has 0 atom stereocenters. The fraction of sp³-hybridized carbons (Fsp3) is 0.500. The highest BCUT2D eigenvalue weighted by Crippen LogP contribution is 2.49. The molecule has 1 saturated heterocycles. The van der Waals surface area contributed by atoms with Crippen molar-refractivity contribution in [3.63, 3.8) is 0 Å². The molecule has 1 aromatic carbocycles. The smallest absolute Gasteiger partial charge is 0.0378 e. The third-order valence-electron chi connectivity index (χ3n) is 3.74. The Labute approximate surface area is 112 Å². The summed E-state index contributed by atoms with van der Waals surface area (Å²) in [7, 11) is 0. The Balaban J connectivity index is 1.75. The van der Waals surface area contributed by atoms with Crippen molar-refractivity contribution >= 4 is 44.2 Å². The molecule has 0 N–H and O–H groups in total. The lowest BCUT2D eigenvalue weighted by Gasteiger charge is -2.57. The van der Waals surface area contributed by atoms with Crippen LogP contribution in [0.3, 0.4) is 0 Å². The molecule has 1 aliphatic carbocycles. The van der Waals surface area contributed by atoms with Crippen molar-refractivity contribution in [3.8, 4) is 0 Å². The van der Waals surface area contributed by atoms with Gasteiger partial charge in [0.15, 0.2) is 0 Å². The van der Waals surface area contributed by atoms with Gasteiger partial charge in [-0.2, -0.15) is 0 Å². The molecule has 2 fully saturated rings. The molecule has 1 aromatic rings. The van der Waals surface area contributed by atoms with Crippen molar-refractivity contribution in [2.45, 2.75) is 19.3 Å². The Hall–Kier alpha value is 0.230. The predicted molar refractivity (Wildman–Crippen MR) is 75.4 cm³/mol. The predicted octanol–water partition coefficient (Wildman–Crippen LogP) is 4.04. The van der Waals surface area contributed by atoms with Gasteiger partial charge in [0, 0.05) is 32.2 Å². The summed E-state index contributed by atoms with van der Waals surface area (Å²) in [5.41, 5.74) is 2.11. The largest absolute Gasteiger partial charge is 0.370 e. The van der Waals surface area contributed by atoms with Crippen LogP contribution < -0.4 is 4.90 Å². The first-order valence-corrected chi connectivity index (χ1v) is 7.26. The second-order valence-corrected chi connectivity index (χ2v) is 6.82. The molecule has 1 aliphatic heterocycles. The van der Waals surface area contributed by atoms with Gasteiger partial charge in [-0.15, -0.1) is 0 Å². The molecule has 3 heteroatoms. The first-order chi connectivity index (χ1) is 7.19. The number of anilines is 1. The minimum absolute atomic E-state index is 0.721. The van der Waals surface area contributed by atoms with Gasteiger partial charge in [-0.1, -0.05) is 6.42 Å². The lowest BCUT2D eigenvalue weighted by molar-refractivity contribution is 0.0904. The minimum atomic E-state index is 0.721. The molecular weight excluding hydrogens is 365 g/mol. The van der Waals surface area contributed by atoms with E-state index in [0.717, 1.165) is 5.41 Å². The van der Waals surface area contributed by atoms with Crippen molar-refractivity contribution in [3.05, 3.63) is 26.2 Å². The molecule has 0 radical (unpaired) electrons. The normalized spacial score (nSPS) is 22.4. The van der Waals surface area contributed by atoms with Crippen LogP contribution in [0.2, 0.25) is 0 Å². The second-order valence-electron chi connectivity index (χ2n) is 4.81. The number of nitrogens with zero attached hydrogens (tertiary/aromatic N) is 1. The van der Waals surface area contributed by atoms with E-state index in [9.17, 15) is 0 Å². The fourth-order valence-corrected chi connectivity index (χ4v) is 3.37. The van der Waals surface area contributed by atoms with Gasteiger partial charge in [0.1, 0.15) is 0 Å². The molecule has 2 aliphatic rings. The molecular formula is C12H13BrIN. The third-order valence-corrected chi connectivity index (χ3v) is 6.06. The molecule has 1 spiro atoms. The summed E-state index contributed by atoms with van der Waals surface area (Å²) in [6, 6.07) is 6.65. The van der Waals surface area contributed by atoms with Crippen molar-refractivity contribution in [2.75, 3.05) is 18.0 Å². The van der Waals surface area contributed by atoms with Crippen molar-refractivity contribution in [2.24, 2.45) is 5.41 Å². The summed E-state index contributed by atoms with van der Waals surface area (Å²) >= 11 is 5.92. The van der Waals surface area contributed by atoms with Gasteiger partial charge >= 0.3 is 0 Å². The summed E-state index contributed by atoms with van der Waals surface area (Å²) in [6.07, 6.45) is 4.36. The highest BCUT2D eigenvalue weighted by Gasteiger charge is 2.47. The highest BCUT2D eigenvalue weighted by atomic mass is 127. The van der Waals surface area contributed by atoms with Crippen LogP contribution >= 0.6 is 38.5 Å². The standard InChI is InChI=1S/C12H13BrIN/c13-10-3-2-9(6-11(10)14)15-7-12(8-15)4-1-5-12/h2-3,6H,1,4-5,7-8H2. The molecule has 1 nitrogen and oxygen atoms in total. The monoisotopic (exact) mass is 377 g/mol. The topological polar surface area (TPSA) is 3.24 Å². The lowest BCUT2D eigenvalue weighted by Crippen LogP contribution is -2.59. The number of halogens is 2. The molecule has 0 amide bonds. The van der Waals surface area contributed by atoms with Gasteiger partial charge < -0.3 is 4.90 Å². The van der Waals surface area contributed by atoms with Crippen LogP contribution in [-0.4, -0.2) is 13.1 Å². The maximum absolute atomic E-state index is 3.54. The van der Waals surface area contributed by atoms with Crippen LogP contribution in [-0.2, 0) is 0 Å². The number of hydrogen-bond donors (Lipinski definition) is 0. The molecule has 80 valence electrons. The van der Waals surface area contributed by atoms with Crippen molar-refractivity contribution in [1.82, 2.24) is 0 Å². The van der Waals surface area contributed by atoms with E-state index < -0.39 is 0 Å². The second kappa shape index (κ2) is 3.62. The molecule has 0 unspecified atom stereocenters. The fourth-order valence-electron chi connectivity index (χ4n) is 2.62.